The summed E-state index contributed by atoms with van der Waals surface area (Å²) < 4.78 is 0. The summed E-state index contributed by atoms with van der Waals surface area (Å²) in [6.45, 7) is 2.25. The van der Waals surface area contributed by atoms with Crippen molar-refractivity contribution in [2.45, 2.75) is 0 Å². The quantitative estimate of drug-likeness (QED) is 0.499. The van der Waals surface area contributed by atoms with Gasteiger partial charge in [0.25, 0.3) is 0 Å². The second kappa shape index (κ2) is 2.13. The van der Waals surface area contributed by atoms with Crippen LogP contribution in [0.25, 0.3) is 0 Å². The van der Waals surface area contributed by atoms with Crippen LogP contribution in [-0.2, 0) is 4.79 Å². The number of nitrogens with zero attached hydrogens (tertiary/aromatic N) is 1. The van der Waals surface area contributed by atoms with Crippen LogP contribution >= 0.6 is 0 Å². The number of amides is 1. The molecule has 0 atom stereocenters. The van der Waals surface area contributed by atoms with Crippen molar-refractivity contribution in [1.29, 1.82) is 0 Å². The van der Waals surface area contributed by atoms with Gasteiger partial charge in [-0.2, -0.15) is 0 Å². The summed E-state index contributed by atoms with van der Waals surface area (Å²) in [6.07, 6.45) is 2.10. The molecule has 3 heteroatoms. The first kappa shape index (κ1) is 5.56. The lowest BCUT2D eigenvalue weighted by molar-refractivity contribution is -0.119. The van der Waals surface area contributed by atoms with Gasteiger partial charge in [0.2, 0.25) is 5.91 Å². The minimum Gasteiger partial charge on any atom is -0.369 e. The van der Waals surface area contributed by atoms with Gasteiger partial charge in [-0.15, -0.1) is 0 Å². The third kappa shape index (κ3) is 1.20. The van der Waals surface area contributed by atoms with Crippen molar-refractivity contribution >= 4 is 5.91 Å². The molecule has 0 aromatic rings. The predicted octanol–water partition coefficient (Wildman–Crippen LogP) is -1.01. The van der Waals surface area contributed by atoms with Crippen molar-refractivity contribution in [3.8, 4) is 0 Å². The highest BCUT2D eigenvalue weighted by molar-refractivity contribution is 5.76. The van der Waals surface area contributed by atoms with E-state index in [-0.39, 0.29) is 5.91 Å². The molecule has 1 rings (SSSR count). The number of nitrogens with two attached hydrogens (primary N) is 1. The molecule has 1 radical (unpaired) electrons. The van der Waals surface area contributed by atoms with Crippen LogP contribution in [0, 0.1) is 6.42 Å². The first-order chi connectivity index (χ1) is 3.79. The van der Waals surface area contributed by atoms with E-state index in [1.165, 1.54) is 0 Å². The highest BCUT2D eigenvalue weighted by Gasteiger charge is 2.14. The zero-order valence-corrected chi connectivity index (χ0v) is 4.63. The number of hydrogen-bond donors (Lipinski definition) is 1. The predicted molar refractivity (Wildman–Crippen MR) is 29.9 cm³/mol. The van der Waals surface area contributed by atoms with Gasteiger partial charge >= 0.3 is 0 Å². The minimum atomic E-state index is -0.238. The Kier molecular flexibility index (Phi) is 1.48. The second-order valence-corrected chi connectivity index (χ2v) is 1.95. The van der Waals surface area contributed by atoms with E-state index in [4.69, 9.17) is 5.73 Å². The van der Waals surface area contributed by atoms with Crippen LogP contribution in [-0.4, -0.2) is 30.4 Å². The molecule has 1 amide bonds. The SMILES string of the molecule is NC(=O)CN1C[CH]C1. The maximum absolute atomic E-state index is 10.2. The lowest BCUT2D eigenvalue weighted by Gasteiger charge is -2.28. The molecule has 0 bridgehead atoms. The van der Waals surface area contributed by atoms with Crippen molar-refractivity contribution in [1.82, 2.24) is 4.90 Å². The highest BCUT2D eigenvalue weighted by Crippen LogP contribution is 2.01. The molecule has 0 unspecified atom stereocenters. The maximum Gasteiger partial charge on any atom is 0.231 e. The van der Waals surface area contributed by atoms with E-state index in [2.05, 4.69) is 6.42 Å². The van der Waals surface area contributed by atoms with Crippen molar-refractivity contribution in [2.24, 2.45) is 5.73 Å². The van der Waals surface area contributed by atoms with E-state index in [1.807, 2.05) is 4.90 Å². The van der Waals surface area contributed by atoms with Crippen LogP contribution < -0.4 is 5.73 Å². The summed E-state index contributed by atoms with van der Waals surface area (Å²) in [5, 5.41) is 0. The van der Waals surface area contributed by atoms with Gasteiger partial charge in [0.1, 0.15) is 0 Å². The molecule has 0 aromatic carbocycles. The van der Waals surface area contributed by atoms with E-state index in [0.717, 1.165) is 13.1 Å². The Bertz CT molecular complexity index is 98.6. The molecule has 0 spiro atoms. The van der Waals surface area contributed by atoms with E-state index in [0.29, 0.717) is 6.54 Å². The average Bonchev–Trinajstić information content (AvgIpc) is 1.55. The monoisotopic (exact) mass is 113 g/mol. The Balaban J connectivity index is 2.09. The van der Waals surface area contributed by atoms with Crippen molar-refractivity contribution in [3.63, 3.8) is 0 Å². The number of likely N-dealkylation sites (tertiary alicyclic amines) is 1. The Labute approximate surface area is 48.5 Å². The van der Waals surface area contributed by atoms with E-state index in [1.54, 1.807) is 0 Å². The topological polar surface area (TPSA) is 46.3 Å². The third-order valence-corrected chi connectivity index (χ3v) is 1.15. The van der Waals surface area contributed by atoms with Crippen LogP contribution in [0.1, 0.15) is 0 Å². The molecule has 45 valence electrons. The molecule has 0 aliphatic carbocycles. The molecule has 1 heterocycles. The van der Waals surface area contributed by atoms with Crippen molar-refractivity contribution in [2.75, 3.05) is 19.6 Å². The molecule has 1 aliphatic heterocycles. The zero-order chi connectivity index (χ0) is 5.98. The van der Waals surface area contributed by atoms with Crippen LogP contribution in [0.4, 0.5) is 0 Å². The molecule has 0 aromatic heterocycles. The summed E-state index contributed by atoms with van der Waals surface area (Å²) in [4.78, 5) is 12.1. The van der Waals surface area contributed by atoms with Gasteiger partial charge in [-0.25, -0.2) is 0 Å². The molecule has 8 heavy (non-hydrogen) atoms. The first-order valence-corrected chi connectivity index (χ1v) is 2.61. The Morgan fingerprint density at radius 2 is 2.38 bits per heavy atom. The minimum absolute atomic E-state index is 0.238. The fourth-order valence-electron chi connectivity index (χ4n) is 0.661. The number of primary amides is 1. The van der Waals surface area contributed by atoms with E-state index in [9.17, 15) is 4.79 Å². The Morgan fingerprint density at radius 1 is 1.75 bits per heavy atom. The number of carbonyl (C=O) groups excluding carboxylic acids is 1. The number of hydrogen-bond acceptors (Lipinski definition) is 2. The largest absolute Gasteiger partial charge is 0.369 e. The van der Waals surface area contributed by atoms with Crippen molar-refractivity contribution < 1.29 is 4.79 Å². The van der Waals surface area contributed by atoms with Gasteiger partial charge in [-0.3, -0.25) is 9.69 Å². The summed E-state index contributed by atoms with van der Waals surface area (Å²) in [7, 11) is 0. The molecule has 1 aliphatic rings. The fraction of sp³-hybridized carbons (Fsp3) is 0.600. The molecule has 1 fully saturated rings. The van der Waals surface area contributed by atoms with Gasteiger partial charge in [-0.1, -0.05) is 0 Å². The number of carbonyl (C=O) groups is 1. The molecule has 0 saturated carbocycles. The van der Waals surface area contributed by atoms with E-state index >= 15 is 0 Å². The Morgan fingerprint density at radius 3 is 2.50 bits per heavy atom. The lowest BCUT2D eigenvalue weighted by Crippen LogP contribution is -2.43. The zero-order valence-electron chi connectivity index (χ0n) is 4.63. The molecule has 1 saturated heterocycles. The van der Waals surface area contributed by atoms with Gasteiger partial charge in [0, 0.05) is 13.1 Å². The lowest BCUT2D eigenvalue weighted by atomic mass is 10.2. The Hall–Kier alpha value is -0.570. The average molecular weight is 113 g/mol. The maximum atomic E-state index is 10.2. The summed E-state index contributed by atoms with van der Waals surface area (Å²) in [5.74, 6) is -0.238. The van der Waals surface area contributed by atoms with Crippen molar-refractivity contribution in [3.05, 3.63) is 6.42 Å². The second-order valence-electron chi connectivity index (χ2n) is 1.95. The standard InChI is InChI=1S/C5H9N2O/c6-5(8)4-7-2-1-3-7/h1H,2-4H2,(H2,6,8). The molecule has 3 nitrogen and oxygen atoms in total. The van der Waals surface area contributed by atoms with E-state index < -0.39 is 0 Å². The fourth-order valence-corrected chi connectivity index (χ4v) is 0.661. The van der Waals surface area contributed by atoms with Gasteiger partial charge in [-0.05, 0) is 6.42 Å². The molecule has 2 N–H and O–H groups in total. The van der Waals surface area contributed by atoms with Gasteiger partial charge < -0.3 is 5.73 Å². The van der Waals surface area contributed by atoms with Crippen LogP contribution in [0.3, 0.4) is 0 Å². The summed E-state index contributed by atoms with van der Waals surface area (Å²) in [6, 6.07) is 0. The number of rotatable bonds is 2. The molecular weight excluding hydrogens is 104 g/mol. The first-order valence-electron chi connectivity index (χ1n) is 2.61. The van der Waals surface area contributed by atoms with Crippen LogP contribution in [0.15, 0.2) is 0 Å². The van der Waals surface area contributed by atoms with Crippen LogP contribution in [0.5, 0.6) is 0 Å². The normalized spacial score (nSPS) is 20.0. The van der Waals surface area contributed by atoms with Gasteiger partial charge in [0.15, 0.2) is 0 Å². The third-order valence-electron chi connectivity index (χ3n) is 1.15. The summed E-state index contributed by atoms with van der Waals surface area (Å²) >= 11 is 0. The van der Waals surface area contributed by atoms with Gasteiger partial charge in [0.05, 0.1) is 6.54 Å². The smallest absolute Gasteiger partial charge is 0.231 e. The highest BCUT2D eigenvalue weighted by atomic mass is 16.1. The van der Waals surface area contributed by atoms with Crippen LogP contribution in [0.2, 0.25) is 0 Å². The molecular formula is C5H9N2O. The summed E-state index contributed by atoms with van der Waals surface area (Å²) in [5.41, 5.74) is 4.91.